The summed E-state index contributed by atoms with van der Waals surface area (Å²) in [5, 5.41) is 0. The van der Waals surface area contributed by atoms with Crippen molar-refractivity contribution in [2.45, 2.75) is 32.4 Å². The first kappa shape index (κ1) is 18.0. The number of amides is 1. The minimum absolute atomic E-state index is 0.0356. The van der Waals surface area contributed by atoms with E-state index >= 15 is 0 Å². The van der Waals surface area contributed by atoms with Gasteiger partial charge in [-0.05, 0) is 56.2 Å². The molecule has 0 atom stereocenters. The van der Waals surface area contributed by atoms with E-state index in [0.29, 0.717) is 18.4 Å². The number of methoxy groups -OCH3 is 1. The van der Waals surface area contributed by atoms with Gasteiger partial charge >= 0.3 is 0 Å². The number of rotatable bonds is 8. The molecule has 0 unspecified atom stereocenters. The smallest absolute Gasteiger partial charge is 0.246 e. The molecule has 0 aliphatic heterocycles. The lowest BCUT2D eigenvalue weighted by Crippen LogP contribution is -2.31. The van der Waals surface area contributed by atoms with Crippen LogP contribution in [0, 0.1) is 0 Å². The van der Waals surface area contributed by atoms with Crippen LogP contribution < -0.4 is 9.47 Å². The Labute approximate surface area is 154 Å². The van der Waals surface area contributed by atoms with Crippen LogP contribution in [0.1, 0.15) is 31.0 Å². The van der Waals surface area contributed by atoms with Gasteiger partial charge in [0, 0.05) is 30.4 Å². The fourth-order valence-corrected chi connectivity index (χ4v) is 2.79. The van der Waals surface area contributed by atoms with E-state index in [2.05, 4.69) is 4.98 Å². The maximum absolute atomic E-state index is 12.4. The third-order valence-electron chi connectivity index (χ3n) is 4.34. The van der Waals surface area contributed by atoms with E-state index in [0.717, 1.165) is 36.4 Å². The number of benzene rings is 1. The lowest BCUT2D eigenvalue weighted by Gasteiger charge is -2.18. The quantitative estimate of drug-likeness (QED) is 0.680. The minimum atomic E-state index is 0.0356. The summed E-state index contributed by atoms with van der Waals surface area (Å²) in [5.41, 5.74) is 1.65. The second-order valence-electron chi connectivity index (χ2n) is 6.20. The van der Waals surface area contributed by atoms with E-state index in [-0.39, 0.29) is 5.91 Å². The molecule has 0 radical (unpaired) electrons. The fraction of sp³-hybridized carbons (Fsp3) is 0.333. The second kappa shape index (κ2) is 8.52. The van der Waals surface area contributed by atoms with Crippen molar-refractivity contribution in [3.8, 4) is 11.5 Å². The predicted molar refractivity (Wildman–Crippen MR) is 101 cm³/mol. The molecule has 1 heterocycles. The lowest BCUT2D eigenvalue weighted by molar-refractivity contribution is -0.126. The fourth-order valence-electron chi connectivity index (χ4n) is 2.79. The highest BCUT2D eigenvalue weighted by Crippen LogP contribution is 2.28. The molecule has 1 fully saturated rings. The summed E-state index contributed by atoms with van der Waals surface area (Å²) >= 11 is 0. The first-order valence-electron chi connectivity index (χ1n) is 8.90. The van der Waals surface area contributed by atoms with Crippen LogP contribution in [0.5, 0.6) is 11.5 Å². The van der Waals surface area contributed by atoms with Gasteiger partial charge in [0.05, 0.1) is 12.8 Å². The Bertz CT molecular complexity index is 770. The molecule has 136 valence electrons. The number of carbonyl (C=O) groups is 1. The molecule has 1 aromatic heterocycles. The third-order valence-corrected chi connectivity index (χ3v) is 4.34. The molecule has 0 saturated heterocycles. The van der Waals surface area contributed by atoms with Crippen LogP contribution in [0.25, 0.3) is 6.08 Å². The highest BCUT2D eigenvalue weighted by atomic mass is 16.5. The molecule has 0 spiro atoms. The molecule has 0 N–H and O–H groups in total. The van der Waals surface area contributed by atoms with E-state index in [1.165, 1.54) is 0 Å². The molecule has 5 nitrogen and oxygen atoms in total. The molecule has 1 saturated carbocycles. The van der Waals surface area contributed by atoms with Crippen LogP contribution in [0.2, 0.25) is 0 Å². The van der Waals surface area contributed by atoms with Crippen molar-refractivity contribution in [3.63, 3.8) is 0 Å². The molecule has 1 aromatic carbocycles. The summed E-state index contributed by atoms with van der Waals surface area (Å²) in [5.74, 6) is 1.44. The highest BCUT2D eigenvalue weighted by molar-refractivity contribution is 5.92. The van der Waals surface area contributed by atoms with Gasteiger partial charge in [0.2, 0.25) is 5.91 Å². The summed E-state index contributed by atoms with van der Waals surface area (Å²) in [7, 11) is 1.62. The first-order valence-corrected chi connectivity index (χ1v) is 8.90. The van der Waals surface area contributed by atoms with Crippen molar-refractivity contribution in [2.24, 2.45) is 0 Å². The maximum atomic E-state index is 12.4. The zero-order chi connectivity index (χ0) is 18.4. The molecule has 1 aliphatic carbocycles. The number of pyridine rings is 1. The Hall–Kier alpha value is -2.82. The number of likely N-dealkylation sites (N-methyl/N-ethyl adjacent to an activating group) is 1. The van der Waals surface area contributed by atoms with Crippen LogP contribution in [-0.4, -0.2) is 35.5 Å². The largest absolute Gasteiger partial charge is 0.497 e. The van der Waals surface area contributed by atoms with Gasteiger partial charge < -0.3 is 14.4 Å². The van der Waals surface area contributed by atoms with Crippen LogP contribution in [0.3, 0.4) is 0 Å². The average molecular weight is 352 g/mol. The minimum Gasteiger partial charge on any atom is -0.497 e. The zero-order valence-electron chi connectivity index (χ0n) is 15.2. The van der Waals surface area contributed by atoms with Crippen molar-refractivity contribution >= 4 is 12.0 Å². The predicted octanol–water partition coefficient (Wildman–Crippen LogP) is 3.69. The van der Waals surface area contributed by atoms with Crippen LogP contribution >= 0.6 is 0 Å². The van der Waals surface area contributed by atoms with Crippen LogP contribution in [0.4, 0.5) is 0 Å². The van der Waals surface area contributed by atoms with Crippen molar-refractivity contribution in [1.29, 1.82) is 0 Å². The summed E-state index contributed by atoms with van der Waals surface area (Å²) < 4.78 is 11.2. The average Bonchev–Trinajstić information content (AvgIpc) is 3.51. The Kier molecular flexibility index (Phi) is 5.89. The molecule has 5 heteroatoms. The number of carbonyl (C=O) groups excluding carboxylic acids is 1. The van der Waals surface area contributed by atoms with Gasteiger partial charge in [0.15, 0.2) is 0 Å². The Balaban J connectivity index is 1.75. The molecule has 1 aliphatic rings. The maximum Gasteiger partial charge on any atom is 0.246 e. The van der Waals surface area contributed by atoms with Crippen LogP contribution in [-0.2, 0) is 11.4 Å². The van der Waals surface area contributed by atoms with Gasteiger partial charge in [-0.3, -0.25) is 9.78 Å². The van der Waals surface area contributed by atoms with E-state index < -0.39 is 0 Å². The second-order valence-corrected chi connectivity index (χ2v) is 6.20. The van der Waals surface area contributed by atoms with E-state index in [1.807, 2.05) is 48.2 Å². The summed E-state index contributed by atoms with van der Waals surface area (Å²) in [6, 6.07) is 11.7. The Morgan fingerprint density at radius 3 is 2.81 bits per heavy atom. The van der Waals surface area contributed by atoms with E-state index in [1.54, 1.807) is 25.5 Å². The van der Waals surface area contributed by atoms with Gasteiger partial charge in [-0.25, -0.2) is 0 Å². The Morgan fingerprint density at radius 1 is 1.31 bits per heavy atom. The Morgan fingerprint density at radius 2 is 2.15 bits per heavy atom. The molecule has 2 aromatic rings. The van der Waals surface area contributed by atoms with E-state index in [9.17, 15) is 4.79 Å². The molecular formula is C21H24N2O3. The van der Waals surface area contributed by atoms with Gasteiger partial charge in [0.1, 0.15) is 18.1 Å². The topological polar surface area (TPSA) is 51.7 Å². The molecule has 3 rings (SSSR count). The van der Waals surface area contributed by atoms with Crippen LogP contribution in [0.15, 0.2) is 48.7 Å². The van der Waals surface area contributed by atoms with Gasteiger partial charge in [-0.15, -0.1) is 0 Å². The normalized spacial score (nSPS) is 13.6. The monoisotopic (exact) mass is 352 g/mol. The molecule has 1 amide bonds. The first-order chi connectivity index (χ1) is 12.7. The van der Waals surface area contributed by atoms with Gasteiger partial charge in [0.25, 0.3) is 0 Å². The summed E-state index contributed by atoms with van der Waals surface area (Å²) in [6.45, 7) is 3.11. The number of nitrogens with zero attached hydrogens (tertiary/aromatic N) is 2. The zero-order valence-corrected chi connectivity index (χ0v) is 15.2. The lowest BCUT2D eigenvalue weighted by atomic mass is 10.1. The number of hydrogen-bond acceptors (Lipinski definition) is 4. The molecule has 0 bridgehead atoms. The number of aromatic nitrogens is 1. The van der Waals surface area contributed by atoms with Crippen molar-refractivity contribution in [2.75, 3.05) is 13.7 Å². The molecule has 26 heavy (non-hydrogen) atoms. The van der Waals surface area contributed by atoms with Crippen molar-refractivity contribution in [3.05, 3.63) is 59.9 Å². The third kappa shape index (κ3) is 4.63. The standard InChI is InChI=1S/C21H24N2O3/c1-3-23(18-8-9-18)21(24)12-7-16-14-19(25-2)10-11-20(16)26-15-17-6-4-5-13-22-17/h4-7,10-14,18H,3,8-9,15H2,1-2H3/b12-7+. The van der Waals surface area contributed by atoms with Gasteiger partial charge in [-0.1, -0.05) is 6.07 Å². The van der Waals surface area contributed by atoms with E-state index in [4.69, 9.17) is 9.47 Å². The number of hydrogen-bond donors (Lipinski definition) is 0. The SMILES string of the molecule is CCN(C(=O)/C=C/c1cc(OC)ccc1OCc1ccccn1)C1CC1. The van der Waals surface area contributed by atoms with Gasteiger partial charge in [-0.2, -0.15) is 0 Å². The summed E-state index contributed by atoms with van der Waals surface area (Å²) in [4.78, 5) is 18.6. The number of ether oxygens (including phenoxy) is 2. The highest BCUT2D eigenvalue weighted by Gasteiger charge is 2.30. The summed E-state index contributed by atoms with van der Waals surface area (Å²) in [6.07, 6.45) is 7.35. The van der Waals surface area contributed by atoms with Crippen molar-refractivity contribution < 1.29 is 14.3 Å². The molecular weight excluding hydrogens is 328 g/mol. The van der Waals surface area contributed by atoms with Crippen molar-refractivity contribution in [1.82, 2.24) is 9.88 Å².